The van der Waals surface area contributed by atoms with Crippen molar-refractivity contribution in [2.24, 2.45) is 7.05 Å². The molecule has 1 heterocycles. The first-order valence-corrected chi connectivity index (χ1v) is 2.93. The Morgan fingerprint density at radius 2 is 2.44 bits per heavy atom. The minimum Gasteiger partial charge on any atom is -0.334 e. The first-order valence-electron chi connectivity index (χ1n) is 2.93. The summed E-state index contributed by atoms with van der Waals surface area (Å²) < 4.78 is 1.97. The Labute approximate surface area is 54.8 Å². The zero-order valence-corrected chi connectivity index (χ0v) is 5.70. The summed E-state index contributed by atoms with van der Waals surface area (Å²) in [6.45, 7) is 1.99. The summed E-state index contributed by atoms with van der Waals surface area (Å²) in [5, 5.41) is 0. The van der Waals surface area contributed by atoms with Gasteiger partial charge in [-0.2, -0.15) is 0 Å². The monoisotopic (exact) mass is 122 g/mol. The molecule has 0 radical (unpaired) electrons. The van der Waals surface area contributed by atoms with Gasteiger partial charge < -0.3 is 4.57 Å². The fourth-order valence-electron chi connectivity index (χ4n) is 0.699. The van der Waals surface area contributed by atoms with Crippen LogP contribution in [0.3, 0.4) is 0 Å². The lowest BCUT2D eigenvalue weighted by Crippen LogP contribution is -1.85. The van der Waals surface area contributed by atoms with Crippen molar-refractivity contribution < 1.29 is 0 Å². The second kappa shape index (κ2) is 2.49. The van der Waals surface area contributed by atoms with Gasteiger partial charge in [0.05, 0.1) is 18.2 Å². The summed E-state index contributed by atoms with van der Waals surface area (Å²) in [7, 11) is 1.97. The highest BCUT2D eigenvalue weighted by Crippen LogP contribution is 1.97. The lowest BCUT2D eigenvalue weighted by molar-refractivity contribution is 0.902. The van der Waals surface area contributed by atoms with Gasteiger partial charge in [-0.3, -0.25) is 0 Å². The van der Waals surface area contributed by atoms with E-state index in [9.17, 15) is 0 Å². The quantitative estimate of drug-likeness (QED) is 0.551. The van der Waals surface area contributed by atoms with Crippen molar-refractivity contribution in [1.29, 1.82) is 0 Å². The van der Waals surface area contributed by atoms with Crippen molar-refractivity contribution in [3.05, 3.63) is 24.3 Å². The van der Waals surface area contributed by atoms with Crippen LogP contribution in [0.1, 0.15) is 12.6 Å². The summed E-state index contributed by atoms with van der Waals surface area (Å²) >= 11 is 0. The normalized spacial score (nSPS) is 10.9. The second-order valence-electron chi connectivity index (χ2n) is 1.93. The van der Waals surface area contributed by atoms with Crippen LogP contribution in [0.2, 0.25) is 0 Å². The van der Waals surface area contributed by atoms with E-state index in [0.29, 0.717) is 0 Å². The Bertz CT molecular complexity index is 210. The van der Waals surface area contributed by atoms with Gasteiger partial charge in [0.2, 0.25) is 0 Å². The molecule has 0 atom stereocenters. The van der Waals surface area contributed by atoms with Gasteiger partial charge in [-0.15, -0.1) is 0 Å². The number of allylic oxidation sites excluding steroid dienone is 1. The third kappa shape index (κ3) is 1.19. The van der Waals surface area contributed by atoms with E-state index >= 15 is 0 Å². The van der Waals surface area contributed by atoms with E-state index < -0.39 is 0 Å². The topological polar surface area (TPSA) is 17.8 Å². The molecule has 0 aliphatic heterocycles. The standard InChI is InChI=1S/C7H10N2/c1-3-4-7-5-8-6-9(7)2/h3-6H,1-2H3. The molecule has 1 aromatic rings. The van der Waals surface area contributed by atoms with E-state index in [1.807, 2.05) is 36.9 Å². The molecule has 0 amide bonds. The molecule has 0 aliphatic carbocycles. The molecule has 2 nitrogen and oxygen atoms in total. The maximum atomic E-state index is 3.95. The maximum Gasteiger partial charge on any atom is 0.0948 e. The number of aryl methyl sites for hydroxylation is 1. The largest absolute Gasteiger partial charge is 0.334 e. The number of hydrogen-bond acceptors (Lipinski definition) is 1. The molecule has 2 heteroatoms. The second-order valence-corrected chi connectivity index (χ2v) is 1.93. The third-order valence-corrected chi connectivity index (χ3v) is 1.19. The zero-order valence-electron chi connectivity index (χ0n) is 5.70. The lowest BCUT2D eigenvalue weighted by Gasteiger charge is -1.90. The molecule has 0 spiro atoms. The van der Waals surface area contributed by atoms with E-state index in [4.69, 9.17) is 0 Å². The van der Waals surface area contributed by atoms with E-state index in [-0.39, 0.29) is 0 Å². The smallest absolute Gasteiger partial charge is 0.0948 e. The van der Waals surface area contributed by atoms with Gasteiger partial charge in [-0.25, -0.2) is 4.98 Å². The van der Waals surface area contributed by atoms with Crippen molar-refractivity contribution in [2.45, 2.75) is 6.92 Å². The van der Waals surface area contributed by atoms with Gasteiger partial charge in [0.15, 0.2) is 0 Å². The summed E-state index contributed by atoms with van der Waals surface area (Å²) in [6.07, 6.45) is 7.64. The van der Waals surface area contributed by atoms with Gasteiger partial charge in [0.25, 0.3) is 0 Å². The SMILES string of the molecule is CC=Cc1cncn1C. The molecule has 0 aromatic carbocycles. The van der Waals surface area contributed by atoms with Crippen molar-refractivity contribution in [3.63, 3.8) is 0 Å². The molecule has 48 valence electrons. The van der Waals surface area contributed by atoms with Crippen LogP contribution in [0, 0.1) is 0 Å². The van der Waals surface area contributed by atoms with Crippen molar-refractivity contribution in [2.75, 3.05) is 0 Å². The predicted molar refractivity (Wildman–Crippen MR) is 37.9 cm³/mol. The molecule has 9 heavy (non-hydrogen) atoms. The van der Waals surface area contributed by atoms with Gasteiger partial charge in [-0.05, 0) is 13.0 Å². The molecular formula is C7H10N2. The van der Waals surface area contributed by atoms with Gasteiger partial charge in [0, 0.05) is 7.05 Å². The summed E-state index contributed by atoms with van der Waals surface area (Å²) in [4.78, 5) is 3.95. The van der Waals surface area contributed by atoms with Crippen molar-refractivity contribution in [1.82, 2.24) is 9.55 Å². The highest BCUT2D eigenvalue weighted by atomic mass is 15.0. The average molecular weight is 122 g/mol. The first kappa shape index (κ1) is 6.08. The highest BCUT2D eigenvalue weighted by molar-refractivity contribution is 5.42. The minimum atomic E-state index is 1.14. The van der Waals surface area contributed by atoms with Gasteiger partial charge in [0.1, 0.15) is 0 Å². The van der Waals surface area contributed by atoms with Crippen LogP contribution in [0.4, 0.5) is 0 Å². The summed E-state index contributed by atoms with van der Waals surface area (Å²) in [5.41, 5.74) is 1.14. The number of imidazole rings is 1. The highest BCUT2D eigenvalue weighted by Gasteiger charge is 1.88. The van der Waals surface area contributed by atoms with Crippen LogP contribution in [0.15, 0.2) is 18.6 Å². The predicted octanol–water partition coefficient (Wildman–Crippen LogP) is 1.45. The van der Waals surface area contributed by atoms with Gasteiger partial charge in [-0.1, -0.05) is 6.08 Å². The molecule has 1 aromatic heterocycles. The fourth-order valence-corrected chi connectivity index (χ4v) is 0.699. The molecular weight excluding hydrogens is 112 g/mol. The Morgan fingerprint density at radius 3 is 2.89 bits per heavy atom. The van der Waals surface area contributed by atoms with E-state index in [2.05, 4.69) is 4.98 Å². The number of nitrogens with zero attached hydrogens (tertiary/aromatic N) is 2. The molecule has 0 unspecified atom stereocenters. The molecule has 1 rings (SSSR count). The molecule has 0 saturated heterocycles. The molecule has 0 bridgehead atoms. The van der Waals surface area contributed by atoms with Crippen LogP contribution in [-0.4, -0.2) is 9.55 Å². The Kier molecular flexibility index (Phi) is 1.68. The van der Waals surface area contributed by atoms with Gasteiger partial charge >= 0.3 is 0 Å². The van der Waals surface area contributed by atoms with Crippen molar-refractivity contribution >= 4 is 6.08 Å². The average Bonchev–Trinajstić information content (AvgIpc) is 2.18. The van der Waals surface area contributed by atoms with Crippen molar-refractivity contribution in [3.8, 4) is 0 Å². The van der Waals surface area contributed by atoms with Crippen LogP contribution >= 0.6 is 0 Å². The fraction of sp³-hybridized carbons (Fsp3) is 0.286. The number of rotatable bonds is 1. The summed E-state index contributed by atoms with van der Waals surface area (Å²) in [5.74, 6) is 0. The minimum absolute atomic E-state index is 1.14. The Hall–Kier alpha value is -1.05. The number of hydrogen-bond donors (Lipinski definition) is 0. The maximum absolute atomic E-state index is 3.95. The molecule has 0 fully saturated rings. The zero-order chi connectivity index (χ0) is 6.69. The van der Waals surface area contributed by atoms with Crippen LogP contribution < -0.4 is 0 Å². The molecule has 0 N–H and O–H groups in total. The van der Waals surface area contributed by atoms with Crippen LogP contribution in [0.5, 0.6) is 0 Å². The Balaban J connectivity index is 2.94. The lowest BCUT2D eigenvalue weighted by atomic mass is 10.4. The Morgan fingerprint density at radius 1 is 1.67 bits per heavy atom. The van der Waals surface area contributed by atoms with E-state index in [1.54, 1.807) is 6.33 Å². The van der Waals surface area contributed by atoms with E-state index in [1.165, 1.54) is 0 Å². The first-order chi connectivity index (χ1) is 4.34. The van der Waals surface area contributed by atoms with Crippen LogP contribution in [-0.2, 0) is 7.05 Å². The number of aromatic nitrogens is 2. The molecule has 0 aliphatic rings. The summed E-state index contributed by atoms with van der Waals surface area (Å²) in [6, 6.07) is 0. The van der Waals surface area contributed by atoms with E-state index in [0.717, 1.165) is 5.69 Å². The van der Waals surface area contributed by atoms with Crippen LogP contribution in [0.25, 0.3) is 6.08 Å². The third-order valence-electron chi connectivity index (χ3n) is 1.19. The molecule has 0 saturated carbocycles.